The van der Waals surface area contributed by atoms with E-state index in [4.69, 9.17) is 5.26 Å². The van der Waals surface area contributed by atoms with E-state index in [-0.39, 0.29) is 5.91 Å². The topological polar surface area (TPSA) is 56.1 Å². The third-order valence-electron chi connectivity index (χ3n) is 3.27. The van der Waals surface area contributed by atoms with Crippen LogP contribution in [-0.2, 0) is 11.3 Å². The fraction of sp³-hybridized carbons (Fsp3) is 0.429. The smallest absolute Gasteiger partial charge is 0.242 e. The fourth-order valence-electron chi connectivity index (χ4n) is 2.20. The van der Waals surface area contributed by atoms with Gasteiger partial charge in [-0.1, -0.05) is 18.2 Å². The number of carbonyl (C=O) groups is 1. The molecule has 94 valence electrons. The lowest BCUT2D eigenvalue weighted by molar-refractivity contribution is -0.140. The average Bonchev–Trinajstić information content (AvgIpc) is 2.35. The number of amides is 1. The molecule has 4 nitrogen and oxygen atoms in total. The van der Waals surface area contributed by atoms with Crippen molar-refractivity contribution in [1.82, 2.24) is 10.2 Å². The highest BCUT2D eigenvalue weighted by molar-refractivity contribution is 5.86. The third kappa shape index (κ3) is 2.36. The van der Waals surface area contributed by atoms with Crippen molar-refractivity contribution in [3.05, 3.63) is 35.4 Å². The lowest BCUT2D eigenvalue weighted by Crippen LogP contribution is -2.60. The lowest BCUT2D eigenvalue weighted by Gasteiger charge is -2.38. The number of nitrogens with one attached hydrogen (secondary N) is 1. The Hall–Kier alpha value is -1.86. The summed E-state index contributed by atoms with van der Waals surface area (Å²) >= 11 is 0. The second-order valence-electron chi connectivity index (χ2n) is 5.05. The fourth-order valence-corrected chi connectivity index (χ4v) is 2.20. The highest BCUT2D eigenvalue weighted by Gasteiger charge is 2.35. The molecule has 1 aromatic rings. The van der Waals surface area contributed by atoms with Crippen molar-refractivity contribution in [3.8, 4) is 6.07 Å². The maximum absolute atomic E-state index is 12.2. The molecule has 0 bridgehead atoms. The van der Waals surface area contributed by atoms with E-state index < -0.39 is 5.54 Å². The summed E-state index contributed by atoms with van der Waals surface area (Å²) in [5.74, 6) is 0.0847. The van der Waals surface area contributed by atoms with Gasteiger partial charge < -0.3 is 10.2 Å². The maximum Gasteiger partial charge on any atom is 0.242 e. The van der Waals surface area contributed by atoms with E-state index in [1.807, 2.05) is 36.9 Å². The van der Waals surface area contributed by atoms with E-state index in [0.29, 0.717) is 18.7 Å². The number of nitrogens with zero attached hydrogens (tertiary/aromatic N) is 2. The Morgan fingerprint density at radius 2 is 2.17 bits per heavy atom. The van der Waals surface area contributed by atoms with Gasteiger partial charge in [0.25, 0.3) is 0 Å². The molecule has 1 fully saturated rings. The summed E-state index contributed by atoms with van der Waals surface area (Å²) in [5.41, 5.74) is 1.03. The number of nitriles is 1. The summed E-state index contributed by atoms with van der Waals surface area (Å²) in [7, 11) is 0. The molecule has 2 rings (SSSR count). The van der Waals surface area contributed by atoms with E-state index in [9.17, 15) is 4.79 Å². The van der Waals surface area contributed by atoms with Crippen molar-refractivity contribution in [2.45, 2.75) is 25.9 Å². The van der Waals surface area contributed by atoms with Crippen molar-refractivity contribution < 1.29 is 4.79 Å². The second kappa shape index (κ2) is 4.79. The summed E-state index contributed by atoms with van der Waals surface area (Å²) in [6.45, 7) is 5.75. The molecular weight excluding hydrogens is 226 g/mol. The number of hydrogen-bond donors (Lipinski definition) is 1. The number of rotatable bonds is 2. The lowest BCUT2D eigenvalue weighted by atomic mass is 9.99. The van der Waals surface area contributed by atoms with Gasteiger partial charge in [0, 0.05) is 19.6 Å². The zero-order valence-corrected chi connectivity index (χ0v) is 10.7. The average molecular weight is 243 g/mol. The van der Waals surface area contributed by atoms with E-state index in [0.717, 1.165) is 12.1 Å². The minimum atomic E-state index is -0.514. The van der Waals surface area contributed by atoms with E-state index >= 15 is 0 Å². The Morgan fingerprint density at radius 3 is 2.89 bits per heavy atom. The Morgan fingerprint density at radius 1 is 1.44 bits per heavy atom. The molecule has 4 heteroatoms. The van der Waals surface area contributed by atoms with Crippen LogP contribution in [0.15, 0.2) is 24.3 Å². The summed E-state index contributed by atoms with van der Waals surface area (Å²) in [6, 6.07) is 9.59. The van der Waals surface area contributed by atoms with Crippen LogP contribution in [0.2, 0.25) is 0 Å². The third-order valence-corrected chi connectivity index (χ3v) is 3.27. The first-order chi connectivity index (χ1) is 8.54. The molecule has 1 aromatic carbocycles. The van der Waals surface area contributed by atoms with Gasteiger partial charge in [-0.2, -0.15) is 5.26 Å². The second-order valence-corrected chi connectivity index (χ2v) is 5.05. The normalized spacial score (nSPS) is 18.5. The van der Waals surface area contributed by atoms with Crippen LogP contribution in [0.25, 0.3) is 0 Å². The van der Waals surface area contributed by atoms with Crippen molar-refractivity contribution in [1.29, 1.82) is 5.26 Å². The molecule has 0 aliphatic carbocycles. The molecule has 0 atom stereocenters. The van der Waals surface area contributed by atoms with Gasteiger partial charge in [0.05, 0.1) is 17.2 Å². The number of benzene rings is 1. The van der Waals surface area contributed by atoms with Gasteiger partial charge in [-0.25, -0.2) is 0 Å². The molecule has 0 saturated carbocycles. The van der Waals surface area contributed by atoms with Gasteiger partial charge in [0.2, 0.25) is 5.91 Å². The standard InChI is InChI=1S/C14H17N3O/c1-14(2)13(18)17(8-7-16-14)10-12-6-4-3-5-11(12)9-15/h3-6,16H,7-8,10H2,1-2H3. The summed E-state index contributed by atoms with van der Waals surface area (Å²) < 4.78 is 0. The van der Waals surface area contributed by atoms with Crippen molar-refractivity contribution in [2.24, 2.45) is 0 Å². The van der Waals surface area contributed by atoms with Crippen LogP contribution in [0, 0.1) is 11.3 Å². The number of hydrogen-bond acceptors (Lipinski definition) is 3. The zero-order valence-electron chi connectivity index (χ0n) is 10.7. The van der Waals surface area contributed by atoms with Crippen LogP contribution < -0.4 is 5.32 Å². The van der Waals surface area contributed by atoms with Gasteiger partial charge in [-0.3, -0.25) is 4.79 Å². The highest BCUT2D eigenvalue weighted by Crippen LogP contribution is 2.17. The van der Waals surface area contributed by atoms with Crippen LogP contribution in [0.4, 0.5) is 0 Å². The monoisotopic (exact) mass is 243 g/mol. The molecule has 0 spiro atoms. The van der Waals surface area contributed by atoms with Gasteiger partial charge in [0.15, 0.2) is 0 Å². The van der Waals surface area contributed by atoms with Crippen LogP contribution in [0.5, 0.6) is 0 Å². The van der Waals surface area contributed by atoms with Crippen LogP contribution in [0.1, 0.15) is 25.0 Å². The van der Waals surface area contributed by atoms with E-state index in [1.54, 1.807) is 6.07 Å². The first-order valence-corrected chi connectivity index (χ1v) is 6.07. The molecule has 1 aliphatic heterocycles. The molecule has 1 amide bonds. The largest absolute Gasteiger partial charge is 0.335 e. The summed E-state index contributed by atoms with van der Waals surface area (Å²) in [4.78, 5) is 14.0. The predicted octanol–water partition coefficient (Wildman–Crippen LogP) is 1.27. The van der Waals surface area contributed by atoms with Crippen molar-refractivity contribution >= 4 is 5.91 Å². The molecular formula is C14H17N3O. The van der Waals surface area contributed by atoms with Gasteiger partial charge >= 0.3 is 0 Å². The summed E-state index contributed by atoms with van der Waals surface area (Å²) in [5, 5.41) is 12.2. The zero-order chi connectivity index (χ0) is 13.2. The Labute approximate surface area is 107 Å². The van der Waals surface area contributed by atoms with Crippen LogP contribution in [-0.4, -0.2) is 29.4 Å². The van der Waals surface area contributed by atoms with Gasteiger partial charge in [-0.05, 0) is 25.5 Å². The highest BCUT2D eigenvalue weighted by atomic mass is 16.2. The molecule has 0 radical (unpaired) electrons. The molecule has 18 heavy (non-hydrogen) atoms. The van der Waals surface area contributed by atoms with Crippen LogP contribution in [0.3, 0.4) is 0 Å². The van der Waals surface area contributed by atoms with E-state index in [2.05, 4.69) is 11.4 Å². The number of carbonyl (C=O) groups excluding carboxylic acids is 1. The Bertz CT molecular complexity index is 502. The minimum absolute atomic E-state index is 0.0847. The first-order valence-electron chi connectivity index (χ1n) is 6.07. The number of piperazine rings is 1. The van der Waals surface area contributed by atoms with Gasteiger partial charge in [-0.15, -0.1) is 0 Å². The Kier molecular flexibility index (Phi) is 3.35. The minimum Gasteiger partial charge on any atom is -0.335 e. The SMILES string of the molecule is CC1(C)NCCN(Cc2ccccc2C#N)C1=O. The van der Waals surface area contributed by atoms with Gasteiger partial charge in [0.1, 0.15) is 0 Å². The predicted molar refractivity (Wildman–Crippen MR) is 68.7 cm³/mol. The first kappa shape index (κ1) is 12.6. The molecule has 1 N–H and O–H groups in total. The van der Waals surface area contributed by atoms with Crippen LogP contribution >= 0.6 is 0 Å². The molecule has 0 unspecified atom stereocenters. The molecule has 1 saturated heterocycles. The maximum atomic E-state index is 12.2. The molecule has 1 aliphatic rings. The van der Waals surface area contributed by atoms with Crippen molar-refractivity contribution in [2.75, 3.05) is 13.1 Å². The van der Waals surface area contributed by atoms with Crippen molar-refractivity contribution in [3.63, 3.8) is 0 Å². The molecule has 0 aromatic heterocycles. The van der Waals surface area contributed by atoms with E-state index in [1.165, 1.54) is 0 Å². The quantitative estimate of drug-likeness (QED) is 0.851. The molecule has 1 heterocycles. The Balaban J connectivity index is 2.19. The summed E-state index contributed by atoms with van der Waals surface area (Å²) in [6.07, 6.45) is 0.